The van der Waals surface area contributed by atoms with Gasteiger partial charge in [0.2, 0.25) is 0 Å². The summed E-state index contributed by atoms with van der Waals surface area (Å²) in [4.78, 5) is 21.0. The highest BCUT2D eigenvalue weighted by Gasteiger charge is 2.35. The predicted molar refractivity (Wildman–Crippen MR) is 91.4 cm³/mol. The molecule has 1 atom stereocenters. The standard InChI is InChI=1S/C16H25BrN4O2/c1-11-18-13(15(17)19(11)2)14(16(22)23)21-9-7-20(8-10-21)12-5-3-4-6-12/h12,14H,3-10H2,1-2H3,(H,22,23). The van der Waals surface area contributed by atoms with Crippen LogP contribution in [0.1, 0.15) is 43.2 Å². The minimum atomic E-state index is -0.821. The number of imidazole rings is 1. The van der Waals surface area contributed by atoms with Gasteiger partial charge in [-0.1, -0.05) is 12.8 Å². The number of rotatable bonds is 4. The van der Waals surface area contributed by atoms with E-state index in [-0.39, 0.29) is 0 Å². The van der Waals surface area contributed by atoms with Crippen LogP contribution >= 0.6 is 15.9 Å². The molecule has 0 spiro atoms. The molecule has 1 aliphatic carbocycles. The molecule has 128 valence electrons. The summed E-state index contributed by atoms with van der Waals surface area (Å²) in [6.45, 7) is 5.38. The first-order chi connectivity index (χ1) is 11.0. The lowest BCUT2D eigenvalue weighted by Gasteiger charge is -2.40. The van der Waals surface area contributed by atoms with Crippen molar-refractivity contribution >= 4 is 21.9 Å². The molecule has 6 nitrogen and oxygen atoms in total. The van der Waals surface area contributed by atoms with E-state index in [0.29, 0.717) is 11.7 Å². The molecule has 0 bridgehead atoms. The van der Waals surface area contributed by atoms with Gasteiger partial charge in [-0.3, -0.25) is 14.6 Å². The van der Waals surface area contributed by atoms with Crippen LogP contribution in [-0.2, 0) is 11.8 Å². The molecule has 1 N–H and O–H groups in total. The molecule has 23 heavy (non-hydrogen) atoms. The van der Waals surface area contributed by atoms with Gasteiger partial charge in [0.15, 0.2) is 6.04 Å². The average Bonchev–Trinajstić information content (AvgIpc) is 3.14. The first kappa shape index (κ1) is 16.9. The number of carboxylic acids is 1. The molecule has 1 aliphatic heterocycles. The molecular formula is C16H25BrN4O2. The molecular weight excluding hydrogens is 360 g/mol. The zero-order chi connectivity index (χ0) is 16.6. The molecule has 2 aliphatic rings. The van der Waals surface area contributed by atoms with E-state index in [1.165, 1.54) is 25.7 Å². The molecule has 1 unspecified atom stereocenters. The Balaban J connectivity index is 1.73. The SMILES string of the molecule is Cc1nc(C(C(=O)O)N2CCN(C3CCCC3)CC2)c(Br)n1C. The Kier molecular flexibility index (Phi) is 5.08. The van der Waals surface area contributed by atoms with Gasteiger partial charge in [-0.25, -0.2) is 4.98 Å². The number of halogens is 1. The Bertz CT molecular complexity index is 575. The summed E-state index contributed by atoms with van der Waals surface area (Å²) in [5.74, 6) is 0.000771. The average molecular weight is 385 g/mol. The quantitative estimate of drug-likeness (QED) is 0.861. The van der Waals surface area contributed by atoms with Gasteiger partial charge in [0.25, 0.3) is 0 Å². The van der Waals surface area contributed by atoms with Crippen LogP contribution in [0.15, 0.2) is 4.60 Å². The highest BCUT2D eigenvalue weighted by atomic mass is 79.9. The van der Waals surface area contributed by atoms with Crippen LogP contribution in [0.25, 0.3) is 0 Å². The van der Waals surface area contributed by atoms with E-state index in [1.807, 2.05) is 18.5 Å². The predicted octanol–water partition coefficient (Wildman–Crippen LogP) is 2.18. The van der Waals surface area contributed by atoms with E-state index < -0.39 is 12.0 Å². The summed E-state index contributed by atoms with van der Waals surface area (Å²) in [5.41, 5.74) is 0.617. The van der Waals surface area contributed by atoms with Crippen molar-refractivity contribution in [3.05, 3.63) is 16.1 Å². The molecule has 0 aromatic carbocycles. The van der Waals surface area contributed by atoms with Crippen molar-refractivity contribution in [2.24, 2.45) is 7.05 Å². The van der Waals surface area contributed by atoms with Crippen molar-refractivity contribution in [2.45, 2.75) is 44.7 Å². The van der Waals surface area contributed by atoms with Gasteiger partial charge in [-0.2, -0.15) is 0 Å². The van der Waals surface area contributed by atoms with Crippen molar-refractivity contribution in [2.75, 3.05) is 26.2 Å². The number of piperazine rings is 1. The fourth-order valence-corrected chi connectivity index (χ4v) is 4.42. The largest absolute Gasteiger partial charge is 0.480 e. The summed E-state index contributed by atoms with van der Waals surface area (Å²) in [5, 5.41) is 9.76. The molecule has 1 aromatic heterocycles. The first-order valence-electron chi connectivity index (χ1n) is 8.38. The molecule has 0 radical (unpaired) electrons. The highest BCUT2D eigenvalue weighted by molar-refractivity contribution is 9.10. The molecule has 1 aromatic rings. The molecule has 2 heterocycles. The fourth-order valence-electron chi connectivity index (χ4n) is 3.86. The lowest BCUT2D eigenvalue weighted by molar-refractivity contribution is -0.144. The molecule has 3 rings (SSSR count). The van der Waals surface area contributed by atoms with Crippen LogP contribution < -0.4 is 0 Å². The fraction of sp³-hybridized carbons (Fsp3) is 0.750. The van der Waals surface area contributed by atoms with Crippen LogP contribution in [0.3, 0.4) is 0 Å². The molecule has 1 saturated heterocycles. The monoisotopic (exact) mass is 384 g/mol. The molecule has 0 amide bonds. The Morgan fingerprint density at radius 3 is 2.35 bits per heavy atom. The van der Waals surface area contributed by atoms with Gasteiger partial charge in [0.1, 0.15) is 16.1 Å². The minimum Gasteiger partial charge on any atom is -0.480 e. The van der Waals surface area contributed by atoms with Crippen LogP contribution in [0.4, 0.5) is 0 Å². The second-order valence-corrected chi connectivity index (χ2v) is 7.40. The van der Waals surface area contributed by atoms with Crippen LogP contribution in [0, 0.1) is 6.92 Å². The van der Waals surface area contributed by atoms with Gasteiger partial charge in [-0.15, -0.1) is 0 Å². The molecule has 7 heteroatoms. The summed E-state index contributed by atoms with van der Waals surface area (Å²) in [6.07, 6.45) is 5.27. The molecule has 1 saturated carbocycles. The van der Waals surface area contributed by atoms with E-state index in [1.54, 1.807) is 0 Å². The van der Waals surface area contributed by atoms with Gasteiger partial charge >= 0.3 is 5.97 Å². The van der Waals surface area contributed by atoms with E-state index >= 15 is 0 Å². The maximum atomic E-state index is 11.9. The normalized spacial score (nSPS) is 22.6. The van der Waals surface area contributed by atoms with Crippen LogP contribution in [-0.4, -0.2) is 62.6 Å². The summed E-state index contributed by atoms with van der Waals surface area (Å²) in [6, 6.07) is 0.0410. The number of nitrogens with zero attached hydrogens (tertiary/aromatic N) is 4. The first-order valence-corrected chi connectivity index (χ1v) is 9.18. The number of carbonyl (C=O) groups is 1. The summed E-state index contributed by atoms with van der Waals surface area (Å²) in [7, 11) is 1.90. The Hall–Kier alpha value is -0.920. The zero-order valence-electron chi connectivity index (χ0n) is 13.8. The van der Waals surface area contributed by atoms with E-state index in [0.717, 1.165) is 36.6 Å². The minimum absolute atomic E-state index is 0.617. The maximum Gasteiger partial charge on any atom is 0.327 e. The van der Waals surface area contributed by atoms with E-state index in [9.17, 15) is 9.90 Å². The van der Waals surface area contributed by atoms with Gasteiger partial charge in [0, 0.05) is 39.3 Å². The van der Waals surface area contributed by atoms with Crippen molar-refractivity contribution < 1.29 is 9.90 Å². The maximum absolute atomic E-state index is 11.9. The molecule has 2 fully saturated rings. The number of hydrogen-bond donors (Lipinski definition) is 1. The lowest BCUT2D eigenvalue weighted by atomic mass is 10.1. The Labute approximate surface area is 145 Å². The van der Waals surface area contributed by atoms with Crippen molar-refractivity contribution in [1.29, 1.82) is 0 Å². The zero-order valence-corrected chi connectivity index (χ0v) is 15.4. The van der Waals surface area contributed by atoms with Crippen molar-refractivity contribution in [3.8, 4) is 0 Å². The third kappa shape index (κ3) is 3.32. The highest BCUT2D eigenvalue weighted by Crippen LogP contribution is 2.30. The topological polar surface area (TPSA) is 61.6 Å². The Morgan fingerprint density at radius 1 is 1.26 bits per heavy atom. The van der Waals surface area contributed by atoms with Crippen molar-refractivity contribution in [1.82, 2.24) is 19.4 Å². The lowest BCUT2D eigenvalue weighted by Crippen LogP contribution is -2.51. The second kappa shape index (κ2) is 6.91. The third-order valence-corrected chi connectivity index (χ3v) is 6.26. The second-order valence-electron chi connectivity index (χ2n) is 6.65. The van der Waals surface area contributed by atoms with E-state index in [4.69, 9.17) is 0 Å². The Morgan fingerprint density at radius 2 is 1.87 bits per heavy atom. The van der Waals surface area contributed by atoms with Crippen molar-refractivity contribution in [3.63, 3.8) is 0 Å². The number of hydrogen-bond acceptors (Lipinski definition) is 4. The van der Waals surface area contributed by atoms with Gasteiger partial charge < -0.3 is 9.67 Å². The smallest absolute Gasteiger partial charge is 0.327 e. The van der Waals surface area contributed by atoms with E-state index in [2.05, 4.69) is 30.7 Å². The summed E-state index contributed by atoms with van der Waals surface area (Å²) < 4.78 is 2.65. The van der Waals surface area contributed by atoms with Gasteiger partial charge in [0.05, 0.1) is 0 Å². The van der Waals surface area contributed by atoms with Crippen LogP contribution in [0.5, 0.6) is 0 Å². The number of aliphatic carboxylic acids is 1. The van der Waals surface area contributed by atoms with Gasteiger partial charge in [-0.05, 0) is 35.7 Å². The number of aryl methyl sites for hydroxylation is 1. The van der Waals surface area contributed by atoms with Crippen LogP contribution in [0.2, 0.25) is 0 Å². The number of aromatic nitrogens is 2. The number of carboxylic acid groups (broad SMARTS) is 1. The third-order valence-electron chi connectivity index (χ3n) is 5.32. The summed E-state index contributed by atoms with van der Waals surface area (Å²) >= 11 is 3.50.